The number of amides is 1. The topological polar surface area (TPSA) is 149 Å². The quantitative estimate of drug-likeness (QED) is 0.0261. The highest BCUT2D eigenvalue weighted by atomic mass is 16.7. The molecule has 70 heavy (non-hydrogen) atoms. The first kappa shape index (κ1) is 64.9. The van der Waals surface area contributed by atoms with Crippen molar-refractivity contribution < 1.29 is 39.8 Å². The summed E-state index contributed by atoms with van der Waals surface area (Å²) in [5.41, 5.74) is 0. The SMILES string of the molecule is CC/C=C\C/C=C\C/C=C\C/C=C\C/C=C\C/C=C\C/C=C\C/C=C\C/C=C\CCCCCCCCCC(=O)NC(COC1OC(CO)C(O)C(O)C1O)C(O)CCCCCCCCCCCCCC. The molecule has 0 aliphatic carbocycles. The first-order valence-electron chi connectivity index (χ1n) is 28.1. The molecule has 0 aromatic rings. The molecule has 9 heteroatoms. The zero-order valence-electron chi connectivity index (χ0n) is 44.2. The fourth-order valence-electron chi connectivity index (χ4n) is 8.21. The Balaban J connectivity index is 2.18. The third-order valence-corrected chi connectivity index (χ3v) is 12.6. The third kappa shape index (κ3) is 38.5. The van der Waals surface area contributed by atoms with Crippen molar-refractivity contribution in [3.8, 4) is 0 Å². The van der Waals surface area contributed by atoms with Crippen LogP contribution in [0, 0.1) is 0 Å². The van der Waals surface area contributed by atoms with E-state index < -0.39 is 49.5 Å². The van der Waals surface area contributed by atoms with Gasteiger partial charge in [0.25, 0.3) is 0 Å². The number of aliphatic hydroxyl groups excluding tert-OH is 5. The highest BCUT2D eigenvalue weighted by molar-refractivity contribution is 5.76. The van der Waals surface area contributed by atoms with Crippen LogP contribution in [0.25, 0.3) is 0 Å². The van der Waals surface area contributed by atoms with E-state index in [0.717, 1.165) is 109 Å². The number of unbranched alkanes of at least 4 members (excludes halogenated alkanes) is 18. The molecule has 1 rings (SSSR count). The molecule has 400 valence electrons. The first-order valence-corrected chi connectivity index (χ1v) is 28.1. The van der Waals surface area contributed by atoms with Crippen LogP contribution in [0.4, 0.5) is 0 Å². The van der Waals surface area contributed by atoms with Crippen molar-refractivity contribution in [2.75, 3.05) is 13.2 Å². The number of hydrogen-bond donors (Lipinski definition) is 6. The van der Waals surface area contributed by atoms with E-state index in [9.17, 15) is 30.3 Å². The maximum absolute atomic E-state index is 13.0. The van der Waals surface area contributed by atoms with Gasteiger partial charge < -0.3 is 40.3 Å². The maximum atomic E-state index is 13.0. The first-order chi connectivity index (χ1) is 34.3. The third-order valence-electron chi connectivity index (χ3n) is 12.6. The molecule has 0 radical (unpaired) electrons. The van der Waals surface area contributed by atoms with Crippen molar-refractivity contribution in [3.63, 3.8) is 0 Å². The fraction of sp³-hybridized carbons (Fsp3) is 0.689. The summed E-state index contributed by atoms with van der Waals surface area (Å²) in [6, 6.07) is -0.732. The molecule has 7 unspecified atom stereocenters. The zero-order chi connectivity index (χ0) is 50.8. The predicted octanol–water partition coefficient (Wildman–Crippen LogP) is 13.8. The molecule has 1 fully saturated rings. The van der Waals surface area contributed by atoms with Gasteiger partial charge in [0, 0.05) is 6.42 Å². The maximum Gasteiger partial charge on any atom is 0.220 e. The number of rotatable bonds is 46. The summed E-state index contributed by atoms with van der Waals surface area (Å²) in [5.74, 6) is -0.161. The Bertz CT molecular complexity index is 1460. The standard InChI is InChI=1S/C61H103NO8/c1-3-5-7-9-11-13-15-17-18-19-20-21-22-23-24-25-26-27-28-29-30-31-32-33-34-35-36-37-38-39-41-43-45-47-49-51-57(65)62-54(53-69-61-60(68)59(67)58(66)56(52-63)70-61)55(64)50-48-46-44-42-40-16-14-12-10-8-6-4-2/h5,7,11,13,17-18,20-21,23-24,26-27,29-30,32-33,35-36,54-56,58-61,63-64,66-68H,3-4,6,8-10,12,14-16,19,22,25,28,31,34,37-53H2,1-2H3,(H,62,65)/b7-5-,13-11-,18-17-,21-20-,24-23-,27-26-,30-29-,33-32-,36-35-. The van der Waals surface area contributed by atoms with E-state index in [4.69, 9.17) is 9.47 Å². The van der Waals surface area contributed by atoms with Crippen molar-refractivity contribution in [2.24, 2.45) is 0 Å². The van der Waals surface area contributed by atoms with Gasteiger partial charge in [0.1, 0.15) is 24.4 Å². The van der Waals surface area contributed by atoms with Gasteiger partial charge in [-0.2, -0.15) is 0 Å². The fourth-order valence-corrected chi connectivity index (χ4v) is 8.21. The number of carbonyl (C=O) groups is 1. The second-order valence-corrected chi connectivity index (χ2v) is 19.0. The minimum Gasteiger partial charge on any atom is -0.394 e. The van der Waals surface area contributed by atoms with Crippen LogP contribution in [0.2, 0.25) is 0 Å². The Morgan fingerprint density at radius 3 is 1.31 bits per heavy atom. The van der Waals surface area contributed by atoms with Crippen LogP contribution < -0.4 is 5.32 Å². The highest BCUT2D eigenvalue weighted by Crippen LogP contribution is 2.23. The van der Waals surface area contributed by atoms with E-state index in [1.807, 2.05) is 0 Å². The lowest BCUT2D eigenvalue weighted by Gasteiger charge is -2.40. The monoisotopic (exact) mass is 978 g/mol. The molecule has 1 aliphatic rings. The largest absolute Gasteiger partial charge is 0.394 e. The van der Waals surface area contributed by atoms with Gasteiger partial charge in [0.15, 0.2) is 6.29 Å². The molecule has 0 aromatic carbocycles. The van der Waals surface area contributed by atoms with E-state index in [-0.39, 0.29) is 12.5 Å². The Labute approximate surface area is 427 Å². The van der Waals surface area contributed by atoms with Crippen molar-refractivity contribution in [1.29, 1.82) is 0 Å². The molecule has 9 nitrogen and oxygen atoms in total. The molecule has 1 heterocycles. The van der Waals surface area contributed by atoms with Crippen LogP contribution in [-0.2, 0) is 14.3 Å². The van der Waals surface area contributed by atoms with Gasteiger partial charge in [-0.1, -0.05) is 232 Å². The summed E-state index contributed by atoms with van der Waals surface area (Å²) >= 11 is 0. The number of aliphatic hydroxyl groups is 5. The van der Waals surface area contributed by atoms with E-state index in [2.05, 4.69) is 129 Å². The van der Waals surface area contributed by atoms with Crippen LogP contribution >= 0.6 is 0 Å². The van der Waals surface area contributed by atoms with Crippen molar-refractivity contribution >= 4 is 5.91 Å². The number of allylic oxidation sites excluding steroid dienone is 18. The van der Waals surface area contributed by atoms with Crippen LogP contribution in [0.3, 0.4) is 0 Å². The molecule has 1 aliphatic heterocycles. The lowest BCUT2D eigenvalue weighted by Crippen LogP contribution is -2.60. The van der Waals surface area contributed by atoms with E-state index in [1.165, 1.54) is 77.0 Å². The van der Waals surface area contributed by atoms with Crippen molar-refractivity contribution in [2.45, 2.75) is 256 Å². The number of carbonyl (C=O) groups excluding carboxylic acids is 1. The summed E-state index contributed by atoms with van der Waals surface area (Å²) in [7, 11) is 0. The zero-order valence-corrected chi connectivity index (χ0v) is 44.2. The summed E-state index contributed by atoms with van der Waals surface area (Å²) in [4.78, 5) is 13.0. The molecule has 0 spiro atoms. The van der Waals surface area contributed by atoms with Crippen LogP contribution in [0.1, 0.15) is 213 Å². The second kappa shape index (κ2) is 49.4. The summed E-state index contributed by atoms with van der Waals surface area (Å²) in [5, 5.41) is 54.5. The van der Waals surface area contributed by atoms with Crippen molar-refractivity contribution in [3.05, 3.63) is 109 Å². The lowest BCUT2D eigenvalue weighted by atomic mass is 9.99. The number of hydrogen-bond acceptors (Lipinski definition) is 8. The summed E-state index contributed by atoms with van der Waals surface area (Å²) < 4.78 is 11.3. The Hall–Kier alpha value is -3.15. The molecule has 1 saturated heterocycles. The van der Waals surface area contributed by atoms with Gasteiger partial charge >= 0.3 is 0 Å². The molecular weight excluding hydrogens is 875 g/mol. The number of ether oxygens (including phenoxy) is 2. The average molecular weight is 978 g/mol. The normalized spacial score (nSPS) is 20.2. The van der Waals surface area contributed by atoms with Gasteiger partial charge in [0.2, 0.25) is 5.91 Å². The van der Waals surface area contributed by atoms with Gasteiger partial charge in [-0.15, -0.1) is 0 Å². The molecule has 0 aromatic heterocycles. The Morgan fingerprint density at radius 2 is 0.886 bits per heavy atom. The minimum absolute atomic E-state index is 0.149. The van der Waals surface area contributed by atoms with E-state index in [0.29, 0.717) is 12.8 Å². The van der Waals surface area contributed by atoms with Crippen LogP contribution in [0.15, 0.2) is 109 Å². The highest BCUT2D eigenvalue weighted by Gasteiger charge is 2.44. The molecule has 6 N–H and O–H groups in total. The molecule has 1 amide bonds. The van der Waals surface area contributed by atoms with Crippen molar-refractivity contribution in [1.82, 2.24) is 5.32 Å². The molecular formula is C61H103NO8. The minimum atomic E-state index is -1.56. The van der Waals surface area contributed by atoms with Gasteiger partial charge in [-0.05, 0) is 83.5 Å². The van der Waals surface area contributed by atoms with Crippen LogP contribution in [0.5, 0.6) is 0 Å². The van der Waals surface area contributed by atoms with E-state index >= 15 is 0 Å². The van der Waals surface area contributed by atoms with E-state index in [1.54, 1.807) is 0 Å². The summed E-state index contributed by atoms with van der Waals surface area (Å²) in [6.07, 6.45) is 65.4. The lowest BCUT2D eigenvalue weighted by molar-refractivity contribution is -0.302. The molecule has 7 atom stereocenters. The van der Waals surface area contributed by atoms with Gasteiger partial charge in [-0.3, -0.25) is 4.79 Å². The second-order valence-electron chi connectivity index (χ2n) is 19.0. The number of nitrogens with one attached hydrogen (secondary N) is 1. The van der Waals surface area contributed by atoms with Gasteiger partial charge in [-0.25, -0.2) is 0 Å². The van der Waals surface area contributed by atoms with Gasteiger partial charge in [0.05, 0.1) is 25.4 Å². The predicted molar refractivity (Wildman–Crippen MR) is 294 cm³/mol. The van der Waals surface area contributed by atoms with Crippen LogP contribution in [-0.4, -0.2) is 87.5 Å². The molecule has 0 saturated carbocycles. The average Bonchev–Trinajstić information content (AvgIpc) is 3.36. The Morgan fingerprint density at radius 1 is 0.500 bits per heavy atom. The molecule has 0 bridgehead atoms. The Kier molecular flexibility index (Phi) is 45.8. The summed E-state index contributed by atoms with van der Waals surface area (Å²) in [6.45, 7) is 3.70. The smallest absolute Gasteiger partial charge is 0.220 e.